The second-order valence-corrected chi connectivity index (χ2v) is 15.2. The van der Waals surface area contributed by atoms with Gasteiger partial charge >= 0.3 is 0 Å². The number of hydrogen-bond donors (Lipinski definition) is 0. The van der Waals surface area contributed by atoms with Crippen LogP contribution in [0.4, 0.5) is 0 Å². The zero-order chi connectivity index (χ0) is 37.9. The monoisotopic (exact) mass is 742 g/mol. The lowest BCUT2D eigenvalue weighted by atomic mass is 9.96. The first-order chi connectivity index (χ1) is 28.7. The van der Waals surface area contributed by atoms with Gasteiger partial charge in [0.15, 0.2) is 11.2 Å². The van der Waals surface area contributed by atoms with Crippen molar-refractivity contribution in [2.24, 2.45) is 0 Å². The molecule has 4 nitrogen and oxygen atoms in total. The molecule has 0 N–H and O–H groups in total. The molecule has 9 aromatic carbocycles. The molecule has 0 aliphatic heterocycles. The van der Waals surface area contributed by atoms with Gasteiger partial charge in [-0.2, -0.15) is 0 Å². The summed E-state index contributed by atoms with van der Waals surface area (Å²) in [7, 11) is 0. The van der Waals surface area contributed by atoms with Gasteiger partial charge in [0.05, 0.1) is 0 Å². The van der Waals surface area contributed by atoms with E-state index in [2.05, 4.69) is 158 Å². The molecule has 13 rings (SSSR count). The summed E-state index contributed by atoms with van der Waals surface area (Å²) in [5, 5.41) is 8.52. The largest absolute Gasteiger partial charge is 0.456 e. The molecule has 0 amide bonds. The molecule has 13 aromatic rings. The summed E-state index contributed by atoms with van der Waals surface area (Å²) in [6.45, 7) is 0. The van der Waals surface area contributed by atoms with Crippen LogP contribution in [0.1, 0.15) is 0 Å². The van der Waals surface area contributed by atoms with Gasteiger partial charge in [0.25, 0.3) is 0 Å². The van der Waals surface area contributed by atoms with Crippen molar-refractivity contribution in [3.8, 4) is 44.5 Å². The maximum absolute atomic E-state index is 6.53. The molecule has 4 heteroatoms. The van der Waals surface area contributed by atoms with Crippen LogP contribution < -0.4 is 0 Å². The van der Waals surface area contributed by atoms with Crippen molar-refractivity contribution in [1.82, 2.24) is 0 Å². The Morgan fingerprint density at radius 3 is 1.00 bits per heavy atom. The first-order valence-electron chi connectivity index (χ1n) is 19.5. The Labute approximate surface area is 330 Å². The third-order valence-corrected chi connectivity index (χ3v) is 11.9. The average molecular weight is 743 g/mol. The highest BCUT2D eigenvalue weighted by molar-refractivity contribution is 6.26. The summed E-state index contributed by atoms with van der Waals surface area (Å²) < 4.78 is 25.9. The average Bonchev–Trinajstić information content (AvgIpc) is 4.06. The van der Waals surface area contributed by atoms with Crippen molar-refractivity contribution in [2.45, 2.75) is 0 Å². The first-order valence-corrected chi connectivity index (χ1v) is 19.5. The van der Waals surface area contributed by atoms with Crippen molar-refractivity contribution in [2.75, 3.05) is 0 Å². The SMILES string of the molecule is c1ccc(-c2ccc3oc4c(ccc5c6cc(-c7cccc(-c8ccc9oc%10ccc%11oc%12ccc(-c%13ccccc%13)cc%12c%11c%10c9c8)c7)ccc6oc54)c3c2)cc1. The van der Waals surface area contributed by atoms with E-state index in [-0.39, 0.29) is 0 Å². The molecular weight excluding hydrogens is 713 g/mol. The van der Waals surface area contributed by atoms with Crippen LogP contribution in [0.15, 0.2) is 200 Å². The van der Waals surface area contributed by atoms with Crippen LogP contribution in [0.5, 0.6) is 0 Å². The summed E-state index contributed by atoms with van der Waals surface area (Å²) >= 11 is 0. The molecule has 0 saturated heterocycles. The normalized spacial score (nSPS) is 12.1. The second kappa shape index (κ2) is 11.8. The van der Waals surface area contributed by atoms with E-state index in [0.29, 0.717) is 0 Å². The lowest BCUT2D eigenvalue weighted by Gasteiger charge is -2.07. The number of rotatable bonds is 4. The lowest BCUT2D eigenvalue weighted by molar-refractivity contribution is 0.633. The number of hydrogen-bond acceptors (Lipinski definition) is 4. The topological polar surface area (TPSA) is 52.6 Å². The van der Waals surface area contributed by atoms with Crippen LogP contribution in [0.3, 0.4) is 0 Å². The van der Waals surface area contributed by atoms with Gasteiger partial charge in [0.1, 0.15) is 33.5 Å². The summed E-state index contributed by atoms with van der Waals surface area (Å²) in [5.41, 5.74) is 15.8. The predicted octanol–water partition coefficient (Wildman–Crippen LogP) is 16.0. The fraction of sp³-hybridized carbons (Fsp3) is 0. The van der Waals surface area contributed by atoms with E-state index in [1.807, 2.05) is 24.3 Å². The fourth-order valence-corrected chi connectivity index (χ4v) is 9.06. The molecule has 0 aliphatic rings. The Morgan fingerprint density at radius 2 is 0.552 bits per heavy atom. The van der Waals surface area contributed by atoms with E-state index >= 15 is 0 Å². The number of benzene rings is 9. The molecule has 0 spiro atoms. The Balaban J connectivity index is 0.911. The van der Waals surface area contributed by atoms with E-state index in [4.69, 9.17) is 17.7 Å². The van der Waals surface area contributed by atoms with Crippen molar-refractivity contribution in [3.05, 3.63) is 182 Å². The molecule has 58 heavy (non-hydrogen) atoms. The van der Waals surface area contributed by atoms with Crippen LogP contribution in [0.2, 0.25) is 0 Å². The summed E-state index contributed by atoms with van der Waals surface area (Å²) in [5.74, 6) is 0. The highest BCUT2D eigenvalue weighted by atomic mass is 16.4. The lowest BCUT2D eigenvalue weighted by Crippen LogP contribution is -1.82. The minimum absolute atomic E-state index is 0.771. The molecule has 0 aliphatic carbocycles. The zero-order valence-electron chi connectivity index (χ0n) is 31.0. The van der Waals surface area contributed by atoms with Crippen molar-refractivity contribution in [1.29, 1.82) is 0 Å². The molecule has 4 aromatic heterocycles. The zero-order valence-corrected chi connectivity index (χ0v) is 31.0. The number of furan rings is 4. The van der Waals surface area contributed by atoms with Gasteiger partial charge in [-0.25, -0.2) is 0 Å². The van der Waals surface area contributed by atoms with E-state index in [0.717, 1.165) is 121 Å². The van der Waals surface area contributed by atoms with Crippen molar-refractivity contribution in [3.63, 3.8) is 0 Å². The molecule has 0 fully saturated rings. The Morgan fingerprint density at radius 1 is 0.207 bits per heavy atom. The summed E-state index contributed by atoms with van der Waals surface area (Å²) in [6.07, 6.45) is 0. The first kappa shape index (κ1) is 31.4. The van der Waals surface area contributed by atoms with Gasteiger partial charge in [-0.05, 0) is 123 Å². The van der Waals surface area contributed by atoms with Gasteiger partial charge in [-0.3, -0.25) is 0 Å². The molecule has 0 saturated carbocycles. The quantitative estimate of drug-likeness (QED) is 0.180. The number of fused-ring (bicyclic) bond motifs is 14. The molecule has 0 atom stereocenters. The molecule has 0 bridgehead atoms. The molecule has 0 unspecified atom stereocenters. The van der Waals surface area contributed by atoms with E-state index in [1.54, 1.807) is 0 Å². The van der Waals surface area contributed by atoms with E-state index in [9.17, 15) is 0 Å². The molecule has 270 valence electrons. The Kier molecular flexibility index (Phi) is 6.41. The second-order valence-electron chi connectivity index (χ2n) is 15.2. The van der Waals surface area contributed by atoms with E-state index in [1.165, 1.54) is 11.1 Å². The van der Waals surface area contributed by atoms with Crippen molar-refractivity contribution < 1.29 is 17.7 Å². The summed E-state index contributed by atoms with van der Waals surface area (Å²) in [6, 6.07) is 63.8. The molecular formula is C54H30O4. The Hall–Kier alpha value is -7.82. The maximum atomic E-state index is 6.53. The highest BCUT2D eigenvalue weighted by Gasteiger charge is 2.19. The molecule has 0 radical (unpaired) electrons. The third-order valence-electron chi connectivity index (χ3n) is 11.9. The standard InChI is InChI=1S/C54H30O4/c1-3-8-31(9-4-1)35-14-20-45-41(27-35)39-18-19-40-42-28-37(16-21-46(42)58-54(40)53(39)57-45)33-12-7-13-34(26-33)38-17-23-48-44(30-38)52-50(56-48)25-24-49-51(52)43-29-36(15-22-47(43)55-49)32-10-5-2-6-11-32/h1-30H. The van der Waals surface area contributed by atoms with Crippen LogP contribution in [-0.2, 0) is 0 Å². The third kappa shape index (κ3) is 4.63. The van der Waals surface area contributed by atoms with Gasteiger partial charge in [0, 0.05) is 43.1 Å². The predicted molar refractivity (Wildman–Crippen MR) is 237 cm³/mol. The van der Waals surface area contributed by atoms with Gasteiger partial charge in [0.2, 0.25) is 0 Å². The van der Waals surface area contributed by atoms with Crippen LogP contribution in [0, 0.1) is 0 Å². The Bertz CT molecular complexity index is 3780. The van der Waals surface area contributed by atoms with Crippen LogP contribution >= 0.6 is 0 Å². The van der Waals surface area contributed by atoms with E-state index < -0.39 is 0 Å². The van der Waals surface area contributed by atoms with Crippen LogP contribution in [0.25, 0.3) is 132 Å². The minimum atomic E-state index is 0.771. The maximum Gasteiger partial charge on any atom is 0.178 e. The van der Waals surface area contributed by atoms with Gasteiger partial charge in [-0.15, -0.1) is 0 Å². The van der Waals surface area contributed by atoms with Crippen LogP contribution in [-0.4, -0.2) is 0 Å². The molecule has 4 heterocycles. The highest BCUT2D eigenvalue weighted by Crippen LogP contribution is 2.44. The van der Waals surface area contributed by atoms with Gasteiger partial charge < -0.3 is 17.7 Å². The van der Waals surface area contributed by atoms with Gasteiger partial charge in [-0.1, -0.05) is 103 Å². The summed E-state index contributed by atoms with van der Waals surface area (Å²) in [4.78, 5) is 0. The minimum Gasteiger partial charge on any atom is -0.456 e. The van der Waals surface area contributed by atoms with Crippen molar-refractivity contribution >= 4 is 87.8 Å². The smallest absolute Gasteiger partial charge is 0.178 e. The fourth-order valence-electron chi connectivity index (χ4n) is 9.06.